The number of pyridine rings is 1. The van der Waals surface area contributed by atoms with Crippen LogP contribution in [0, 0.1) is 6.92 Å². The molecule has 0 saturated carbocycles. The minimum Gasteiger partial charge on any atom is -0.480 e. The van der Waals surface area contributed by atoms with Gasteiger partial charge in [-0.25, -0.2) is 9.59 Å². The van der Waals surface area contributed by atoms with E-state index in [0.717, 1.165) is 17.8 Å². The van der Waals surface area contributed by atoms with Gasteiger partial charge in [0.15, 0.2) is 0 Å². The molecule has 1 saturated heterocycles. The van der Waals surface area contributed by atoms with E-state index in [1.54, 1.807) is 0 Å². The van der Waals surface area contributed by atoms with E-state index in [2.05, 4.69) is 10.3 Å². The first kappa shape index (κ1) is 13.3. The average Bonchev–Trinajstić information content (AvgIpc) is 2.85. The predicted octanol–water partition coefficient (Wildman–Crippen LogP) is 1.15. The first-order valence-electron chi connectivity index (χ1n) is 6.28. The summed E-state index contributed by atoms with van der Waals surface area (Å²) in [5.74, 6) is -0.943. The van der Waals surface area contributed by atoms with E-state index in [-0.39, 0.29) is 6.03 Å². The summed E-state index contributed by atoms with van der Waals surface area (Å²) < 4.78 is 0. The molecule has 6 nitrogen and oxygen atoms in total. The minimum atomic E-state index is -0.943. The van der Waals surface area contributed by atoms with Crippen LogP contribution in [0.2, 0.25) is 0 Å². The van der Waals surface area contributed by atoms with Crippen molar-refractivity contribution < 1.29 is 14.7 Å². The third-order valence-electron chi connectivity index (χ3n) is 3.17. The van der Waals surface area contributed by atoms with Gasteiger partial charge in [-0.15, -0.1) is 0 Å². The molecule has 0 aliphatic carbocycles. The molecular formula is C13H17N3O3. The second kappa shape index (κ2) is 5.69. The Morgan fingerprint density at radius 2 is 2.32 bits per heavy atom. The highest BCUT2D eigenvalue weighted by Crippen LogP contribution is 2.17. The van der Waals surface area contributed by atoms with Gasteiger partial charge in [0, 0.05) is 12.2 Å². The van der Waals surface area contributed by atoms with Crippen molar-refractivity contribution in [1.29, 1.82) is 0 Å². The minimum absolute atomic E-state index is 0.309. The number of hydrogen-bond donors (Lipinski definition) is 2. The van der Waals surface area contributed by atoms with E-state index in [0.29, 0.717) is 19.5 Å². The zero-order chi connectivity index (χ0) is 13.8. The fraction of sp³-hybridized carbons (Fsp3) is 0.462. The topological polar surface area (TPSA) is 82.5 Å². The Kier molecular flexibility index (Phi) is 3.99. The first-order chi connectivity index (χ1) is 9.08. The Balaban J connectivity index is 1.92. The third-order valence-corrected chi connectivity index (χ3v) is 3.17. The number of carboxylic acid groups (broad SMARTS) is 1. The Labute approximate surface area is 111 Å². The molecule has 1 aromatic heterocycles. The van der Waals surface area contributed by atoms with E-state index >= 15 is 0 Å². The molecule has 2 N–H and O–H groups in total. The molecule has 102 valence electrons. The lowest BCUT2D eigenvalue weighted by molar-refractivity contribution is -0.141. The zero-order valence-corrected chi connectivity index (χ0v) is 10.8. The monoisotopic (exact) mass is 263 g/mol. The lowest BCUT2D eigenvalue weighted by atomic mass is 10.2. The maximum absolute atomic E-state index is 11.9. The quantitative estimate of drug-likeness (QED) is 0.857. The molecular weight excluding hydrogens is 246 g/mol. The molecule has 1 unspecified atom stereocenters. The molecule has 1 aliphatic heterocycles. The van der Waals surface area contributed by atoms with E-state index in [1.165, 1.54) is 4.90 Å². The van der Waals surface area contributed by atoms with E-state index in [9.17, 15) is 9.59 Å². The van der Waals surface area contributed by atoms with Crippen molar-refractivity contribution in [2.75, 3.05) is 6.54 Å². The fourth-order valence-corrected chi connectivity index (χ4v) is 2.23. The highest BCUT2D eigenvalue weighted by molar-refractivity contribution is 5.83. The Morgan fingerprint density at radius 3 is 3.00 bits per heavy atom. The fourth-order valence-electron chi connectivity index (χ4n) is 2.23. The van der Waals surface area contributed by atoms with Gasteiger partial charge < -0.3 is 15.3 Å². The smallest absolute Gasteiger partial charge is 0.326 e. The van der Waals surface area contributed by atoms with Crippen molar-refractivity contribution in [3.05, 3.63) is 29.6 Å². The largest absolute Gasteiger partial charge is 0.480 e. The van der Waals surface area contributed by atoms with Crippen molar-refractivity contribution in [2.24, 2.45) is 0 Å². The highest BCUT2D eigenvalue weighted by atomic mass is 16.4. The second-order valence-corrected chi connectivity index (χ2v) is 4.62. The van der Waals surface area contributed by atoms with Gasteiger partial charge in [-0.2, -0.15) is 0 Å². The summed E-state index contributed by atoms with van der Waals surface area (Å²) in [5, 5.41) is 11.7. The predicted molar refractivity (Wildman–Crippen MR) is 68.6 cm³/mol. The van der Waals surface area contributed by atoms with Crippen molar-refractivity contribution in [3.8, 4) is 0 Å². The molecule has 1 aromatic rings. The number of carbonyl (C=O) groups excluding carboxylic acids is 1. The van der Waals surface area contributed by atoms with Gasteiger partial charge >= 0.3 is 12.0 Å². The van der Waals surface area contributed by atoms with Gasteiger partial charge in [0.1, 0.15) is 6.04 Å². The standard InChI is InChI=1S/C13H17N3O3/c1-9-4-2-5-10(15-9)8-14-13(19)16-7-3-6-11(16)12(17)18/h2,4-5,11H,3,6-8H2,1H3,(H,14,19)(H,17,18). The average molecular weight is 263 g/mol. The number of urea groups is 1. The molecule has 19 heavy (non-hydrogen) atoms. The number of aromatic nitrogens is 1. The van der Waals surface area contributed by atoms with Crippen LogP contribution in [0.1, 0.15) is 24.2 Å². The zero-order valence-electron chi connectivity index (χ0n) is 10.8. The summed E-state index contributed by atoms with van der Waals surface area (Å²) in [6.45, 7) is 2.68. The van der Waals surface area contributed by atoms with Crippen molar-refractivity contribution in [3.63, 3.8) is 0 Å². The summed E-state index contributed by atoms with van der Waals surface area (Å²) >= 11 is 0. The summed E-state index contributed by atoms with van der Waals surface area (Å²) in [6, 6.07) is 4.54. The van der Waals surface area contributed by atoms with Crippen LogP contribution in [0.25, 0.3) is 0 Å². The number of nitrogens with one attached hydrogen (secondary N) is 1. The Hall–Kier alpha value is -2.11. The number of aliphatic carboxylic acids is 1. The van der Waals surface area contributed by atoms with Crippen LogP contribution in [0.15, 0.2) is 18.2 Å². The molecule has 2 heterocycles. The molecule has 2 rings (SSSR count). The van der Waals surface area contributed by atoms with Crippen LogP contribution in [-0.2, 0) is 11.3 Å². The normalized spacial score (nSPS) is 18.4. The van der Waals surface area contributed by atoms with E-state index in [4.69, 9.17) is 5.11 Å². The van der Waals surface area contributed by atoms with Crippen LogP contribution < -0.4 is 5.32 Å². The van der Waals surface area contributed by atoms with Crippen LogP contribution in [0.3, 0.4) is 0 Å². The van der Waals surface area contributed by atoms with Gasteiger partial charge in [0.05, 0.1) is 12.2 Å². The molecule has 1 atom stereocenters. The molecule has 0 aromatic carbocycles. The third kappa shape index (κ3) is 3.21. The maximum Gasteiger partial charge on any atom is 0.326 e. The van der Waals surface area contributed by atoms with Crippen LogP contribution >= 0.6 is 0 Å². The van der Waals surface area contributed by atoms with Gasteiger partial charge in [-0.1, -0.05) is 6.07 Å². The number of aryl methyl sites for hydroxylation is 1. The van der Waals surface area contributed by atoms with Crippen molar-refractivity contribution >= 4 is 12.0 Å². The number of carboxylic acids is 1. The molecule has 1 aliphatic rings. The maximum atomic E-state index is 11.9. The van der Waals surface area contributed by atoms with Gasteiger partial charge in [-0.05, 0) is 31.9 Å². The van der Waals surface area contributed by atoms with Crippen LogP contribution in [0.4, 0.5) is 4.79 Å². The van der Waals surface area contributed by atoms with Gasteiger partial charge in [0.25, 0.3) is 0 Å². The number of nitrogens with zero attached hydrogens (tertiary/aromatic N) is 2. The van der Waals surface area contributed by atoms with Gasteiger partial charge in [0.2, 0.25) is 0 Å². The highest BCUT2D eigenvalue weighted by Gasteiger charge is 2.33. The number of likely N-dealkylation sites (tertiary alicyclic amines) is 1. The number of carbonyl (C=O) groups is 2. The number of amides is 2. The van der Waals surface area contributed by atoms with Crippen molar-refractivity contribution in [2.45, 2.75) is 32.4 Å². The molecule has 0 bridgehead atoms. The second-order valence-electron chi connectivity index (χ2n) is 4.62. The lowest BCUT2D eigenvalue weighted by Gasteiger charge is -2.21. The summed E-state index contributed by atoms with van der Waals surface area (Å²) in [4.78, 5) is 28.6. The van der Waals surface area contributed by atoms with Crippen LogP contribution in [0.5, 0.6) is 0 Å². The number of rotatable bonds is 3. The summed E-state index contributed by atoms with van der Waals surface area (Å²) in [5.41, 5.74) is 1.65. The van der Waals surface area contributed by atoms with Gasteiger partial charge in [-0.3, -0.25) is 4.98 Å². The Bertz CT molecular complexity index is 490. The van der Waals surface area contributed by atoms with Crippen molar-refractivity contribution in [1.82, 2.24) is 15.2 Å². The van der Waals surface area contributed by atoms with Crippen LogP contribution in [-0.4, -0.2) is 39.6 Å². The SMILES string of the molecule is Cc1cccc(CNC(=O)N2CCCC2C(=O)O)n1. The lowest BCUT2D eigenvalue weighted by Crippen LogP contribution is -2.45. The molecule has 0 radical (unpaired) electrons. The number of hydrogen-bond acceptors (Lipinski definition) is 3. The van der Waals surface area contributed by atoms with E-state index in [1.807, 2.05) is 25.1 Å². The van der Waals surface area contributed by atoms with E-state index < -0.39 is 12.0 Å². The summed E-state index contributed by atoms with van der Waals surface area (Å²) in [7, 11) is 0. The first-order valence-corrected chi connectivity index (χ1v) is 6.28. The molecule has 2 amide bonds. The summed E-state index contributed by atoms with van der Waals surface area (Å²) in [6.07, 6.45) is 1.25. The molecule has 0 spiro atoms. The Morgan fingerprint density at radius 1 is 1.53 bits per heavy atom. The molecule has 1 fully saturated rings. The molecule has 6 heteroatoms.